The summed E-state index contributed by atoms with van der Waals surface area (Å²) in [6, 6.07) is 19.4. The molecule has 3 aromatic rings. The van der Waals surface area contributed by atoms with E-state index < -0.39 is 11.2 Å². The van der Waals surface area contributed by atoms with E-state index in [1.807, 2.05) is 31.2 Å². The van der Waals surface area contributed by atoms with Gasteiger partial charge in [-0.15, -0.1) is 0 Å². The molecule has 0 radical (unpaired) electrons. The Bertz CT molecular complexity index is 1150. The number of hydrogen-bond donors (Lipinski definition) is 1. The molecule has 0 spiro atoms. The van der Waals surface area contributed by atoms with E-state index in [4.69, 9.17) is 4.74 Å². The molecule has 7 heteroatoms. The zero-order valence-electron chi connectivity index (χ0n) is 18.0. The number of carbonyl (C=O) groups is 2. The molecule has 0 aromatic heterocycles. The zero-order chi connectivity index (χ0) is 22.7. The molecule has 0 saturated heterocycles. The van der Waals surface area contributed by atoms with Gasteiger partial charge >= 0.3 is 0 Å². The second-order valence-electron chi connectivity index (χ2n) is 7.43. The maximum Gasteiger partial charge on any atom is 0.263 e. The Morgan fingerprint density at radius 2 is 1.81 bits per heavy atom. The molecule has 1 N–H and O–H groups in total. The van der Waals surface area contributed by atoms with Gasteiger partial charge in [0.05, 0.1) is 12.7 Å². The molecule has 32 heavy (non-hydrogen) atoms. The fourth-order valence-electron chi connectivity index (χ4n) is 3.68. The quantitative estimate of drug-likeness (QED) is 0.574. The molecule has 1 aliphatic heterocycles. The van der Waals surface area contributed by atoms with Gasteiger partial charge in [0.15, 0.2) is 9.79 Å². The van der Waals surface area contributed by atoms with Crippen LogP contribution in [-0.4, -0.2) is 30.0 Å². The van der Waals surface area contributed by atoms with Gasteiger partial charge in [-0.1, -0.05) is 31.2 Å². The van der Waals surface area contributed by atoms with E-state index in [1.165, 1.54) is 0 Å². The Balaban J connectivity index is 1.63. The Kier molecular flexibility index (Phi) is 6.48. The molecular weight excluding hydrogens is 424 g/mol. The number of fused-ring (bicyclic) bond motifs is 2. The molecule has 1 aliphatic rings. The Morgan fingerprint density at radius 1 is 1.06 bits per heavy atom. The number of benzene rings is 3. The average molecular weight is 449 g/mol. The lowest BCUT2D eigenvalue weighted by Crippen LogP contribution is -2.32. The number of carbonyl (C=O) groups excluding carboxylic acids is 2. The van der Waals surface area contributed by atoms with Crippen molar-refractivity contribution in [2.45, 2.75) is 29.7 Å². The minimum Gasteiger partial charge on any atom is -0.606 e. The standard InChI is InChI=1S/C25H24N2O4S/c1-3-14-27-21-15-18(24(28)26-16-17-8-11-19(31-2)12-9-17)10-13-23(21)32(30)22-7-5-4-6-20(22)25(27)29/h4-13,15H,3,14,16H2,1-2H3,(H,26,28). The third kappa shape index (κ3) is 4.22. The number of methoxy groups -OCH3 is 1. The molecule has 1 atom stereocenters. The Labute approximate surface area is 190 Å². The van der Waals surface area contributed by atoms with E-state index in [9.17, 15) is 14.1 Å². The highest BCUT2D eigenvalue weighted by Gasteiger charge is 2.35. The van der Waals surface area contributed by atoms with Crippen molar-refractivity contribution < 1.29 is 18.9 Å². The predicted octanol–water partition coefficient (Wildman–Crippen LogP) is 4.16. The molecular formula is C25H24N2O4S. The second kappa shape index (κ2) is 9.46. The normalized spacial score (nSPS) is 14.9. The number of nitrogens with one attached hydrogen (secondary N) is 1. The smallest absolute Gasteiger partial charge is 0.263 e. The van der Waals surface area contributed by atoms with Crippen LogP contribution in [0.2, 0.25) is 0 Å². The van der Waals surface area contributed by atoms with Gasteiger partial charge in [0.2, 0.25) is 0 Å². The topological polar surface area (TPSA) is 81.7 Å². The summed E-state index contributed by atoms with van der Waals surface area (Å²) < 4.78 is 18.4. The van der Waals surface area contributed by atoms with Crippen LogP contribution in [0, 0.1) is 0 Å². The molecule has 0 bridgehead atoms. The van der Waals surface area contributed by atoms with Crippen molar-refractivity contribution >= 4 is 28.7 Å². The van der Waals surface area contributed by atoms with Gasteiger partial charge in [-0.05, 0) is 54.4 Å². The summed E-state index contributed by atoms with van der Waals surface area (Å²) in [6.07, 6.45) is 0.730. The van der Waals surface area contributed by atoms with Gasteiger partial charge in [0, 0.05) is 29.8 Å². The van der Waals surface area contributed by atoms with Gasteiger partial charge in [-0.3, -0.25) is 9.59 Å². The van der Waals surface area contributed by atoms with Crippen LogP contribution in [0.15, 0.2) is 76.5 Å². The van der Waals surface area contributed by atoms with E-state index in [2.05, 4.69) is 5.32 Å². The first kappa shape index (κ1) is 21.9. The molecule has 0 aliphatic carbocycles. The van der Waals surface area contributed by atoms with Crippen LogP contribution in [0.1, 0.15) is 39.6 Å². The molecule has 6 nitrogen and oxygen atoms in total. The molecule has 164 valence electrons. The molecule has 3 aromatic carbocycles. The van der Waals surface area contributed by atoms with Crippen LogP contribution in [0.4, 0.5) is 5.69 Å². The second-order valence-corrected chi connectivity index (χ2v) is 8.85. The van der Waals surface area contributed by atoms with Crippen LogP contribution in [0.3, 0.4) is 0 Å². The Hall–Kier alpha value is -3.29. The lowest BCUT2D eigenvalue weighted by molar-refractivity contribution is 0.0947. The van der Waals surface area contributed by atoms with Crippen LogP contribution in [0.5, 0.6) is 5.75 Å². The fourth-order valence-corrected chi connectivity index (χ4v) is 5.02. The van der Waals surface area contributed by atoms with Crippen molar-refractivity contribution in [2.75, 3.05) is 18.6 Å². The van der Waals surface area contributed by atoms with Crippen molar-refractivity contribution in [3.63, 3.8) is 0 Å². The highest BCUT2D eigenvalue weighted by atomic mass is 32.2. The summed E-state index contributed by atoms with van der Waals surface area (Å²) in [4.78, 5) is 28.8. The maximum absolute atomic E-state index is 13.3. The summed E-state index contributed by atoms with van der Waals surface area (Å²) in [5, 5.41) is 2.90. The number of rotatable bonds is 6. The van der Waals surface area contributed by atoms with Crippen LogP contribution >= 0.6 is 0 Å². The monoisotopic (exact) mass is 448 g/mol. The largest absolute Gasteiger partial charge is 0.606 e. The summed E-state index contributed by atoms with van der Waals surface area (Å²) in [5.41, 5.74) is 2.30. The van der Waals surface area contributed by atoms with E-state index in [0.717, 1.165) is 17.7 Å². The highest BCUT2D eigenvalue weighted by molar-refractivity contribution is 7.91. The fraction of sp³-hybridized carbons (Fsp3) is 0.200. The van der Waals surface area contributed by atoms with Crippen LogP contribution < -0.4 is 15.0 Å². The first-order valence-corrected chi connectivity index (χ1v) is 11.6. The zero-order valence-corrected chi connectivity index (χ0v) is 18.8. The number of ether oxygens (including phenoxy) is 1. The summed E-state index contributed by atoms with van der Waals surface area (Å²) in [5.74, 6) is 0.283. The molecule has 2 amide bonds. The summed E-state index contributed by atoms with van der Waals surface area (Å²) in [7, 11) is 1.60. The molecule has 4 rings (SSSR count). The van der Waals surface area contributed by atoms with E-state index >= 15 is 0 Å². The summed E-state index contributed by atoms with van der Waals surface area (Å²) >= 11 is -1.52. The van der Waals surface area contributed by atoms with Gasteiger partial charge in [-0.2, -0.15) is 0 Å². The highest BCUT2D eigenvalue weighted by Crippen LogP contribution is 2.37. The van der Waals surface area contributed by atoms with E-state index in [-0.39, 0.29) is 11.8 Å². The number of amides is 2. The maximum atomic E-state index is 13.3. The van der Waals surface area contributed by atoms with E-state index in [0.29, 0.717) is 39.7 Å². The number of nitrogens with zero attached hydrogens (tertiary/aromatic N) is 1. The first-order chi connectivity index (χ1) is 15.5. The molecule has 1 unspecified atom stereocenters. The van der Waals surface area contributed by atoms with Crippen LogP contribution in [-0.2, 0) is 17.7 Å². The first-order valence-electron chi connectivity index (χ1n) is 10.4. The number of anilines is 1. The third-order valence-electron chi connectivity index (χ3n) is 5.33. The van der Waals surface area contributed by atoms with Crippen molar-refractivity contribution in [3.05, 3.63) is 83.4 Å². The van der Waals surface area contributed by atoms with Gasteiger partial charge in [-0.25, -0.2) is 0 Å². The lowest BCUT2D eigenvalue weighted by Gasteiger charge is -2.21. The number of hydrogen-bond acceptors (Lipinski definition) is 4. The molecule has 0 saturated carbocycles. The SMILES string of the molecule is CCCN1C(=O)c2ccccc2[S+]([O-])c2ccc(C(=O)NCc3ccc(OC)cc3)cc21. The third-order valence-corrected chi connectivity index (χ3v) is 6.83. The Morgan fingerprint density at radius 3 is 2.53 bits per heavy atom. The van der Waals surface area contributed by atoms with Crippen molar-refractivity contribution in [3.8, 4) is 5.75 Å². The van der Waals surface area contributed by atoms with Crippen molar-refractivity contribution in [2.24, 2.45) is 0 Å². The van der Waals surface area contributed by atoms with Gasteiger partial charge in [0.25, 0.3) is 11.8 Å². The minimum absolute atomic E-state index is 0.203. The summed E-state index contributed by atoms with van der Waals surface area (Å²) in [6.45, 7) is 2.80. The van der Waals surface area contributed by atoms with Gasteiger partial charge in [0.1, 0.15) is 11.4 Å². The minimum atomic E-state index is -1.52. The van der Waals surface area contributed by atoms with Crippen molar-refractivity contribution in [1.29, 1.82) is 0 Å². The van der Waals surface area contributed by atoms with Crippen LogP contribution in [0.25, 0.3) is 0 Å². The lowest BCUT2D eigenvalue weighted by atomic mass is 10.1. The predicted molar refractivity (Wildman–Crippen MR) is 124 cm³/mol. The van der Waals surface area contributed by atoms with Gasteiger partial charge < -0.3 is 19.5 Å². The molecule has 1 heterocycles. The average Bonchev–Trinajstić information content (AvgIpc) is 2.92. The molecule has 0 fully saturated rings. The van der Waals surface area contributed by atoms with E-state index in [1.54, 1.807) is 54.5 Å². The van der Waals surface area contributed by atoms with Crippen molar-refractivity contribution in [1.82, 2.24) is 5.32 Å².